The van der Waals surface area contributed by atoms with E-state index in [-0.39, 0.29) is 17.8 Å². The highest BCUT2D eigenvalue weighted by molar-refractivity contribution is 6.31. The first-order chi connectivity index (χ1) is 19.8. The maximum atomic E-state index is 14.9. The van der Waals surface area contributed by atoms with Gasteiger partial charge in [0.2, 0.25) is 5.91 Å². The van der Waals surface area contributed by atoms with Crippen LogP contribution in [0.3, 0.4) is 0 Å². The Hall–Kier alpha value is -4.16. The van der Waals surface area contributed by atoms with Crippen molar-refractivity contribution in [1.29, 1.82) is 5.26 Å². The summed E-state index contributed by atoms with van der Waals surface area (Å²) < 4.78 is 67.4. The molecule has 1 atom stereocenters. The number of nitriles is 1. The minimum atomic E-state index is -4.26. The first-order valence-corrected chi connectivity index (χ1v) is 12.9. The number of nitrogens with zero attached hydrogens (tertiary/aromatic N) is 3. The van der Waals surface area contributed by atoms with Crippen LogP contribution in [0.5, 0.6) is 0 Å². The smallest absolute Gasteiger partial charge is 0.405 e. The third kappa shape index (κ3) is 8.92. The molecule has 1 aliphatic rings. The lowest BCUT2D eigenvalue weighted by Crippen LogP contribution is -2.47. The van der Waals surface area contributed by atoms with Gasteiger partial charge in [-0.15, -0.1) is 0 Å². The summed E-state index contributed by atoms with van der Waals surface area (Å²) in [6, 6.07) is 6.77. The Bertz CT molecular complexity index is 1360. The molecule has 0 saturated carbocycles. The molecule has 0 spiro atoms. The van der Waals surface area contributed by atoms with E-state index in [4.69, 9.17) is 22.0 Å². The van der Waals surface area contributed by atoms with Gasteiger partial charge in [-0.25, -0.2) is 13.6 Å². The minimum Gasteiger partial charge on any atom is -0.465 e. The van der Waals surface area contributed by atoms with Gasteiger partial charge in [0.1, 0.15) is 6.04 Å². The molecular weight excluding hydrogens is 591 g/mol. The van der Waals surface area contributed by atoms with Gasteiger partial charge in [0.05, 0.1) is 35.8 Å². The number of halogens is 6. The molecule has 1 unspecified atom stereocenters. The van der Waals surface area contributed by atoms with E-state index in [0.29, 0.717) is 36.9 Å². The molecule has 1 aliphatic heterocycles. The predicted molar refractivity (Wildman–Crippen MR) is 142 cm³/mol. The first-order valence-electron chi connectivity index (χ1n) is 12.5. The van der Waals surface area contributed by atoms with Crippen LogP contribution in [0, 0.1) is 23.0 Å². The fourth-order valence-electron chi connectivity index (χ4n) is 4.22. The molecule has 4 N–H and O–H groups in total. The highest BCUT2D eigenvalue weighted by atomic mass is 35.5. The molecule has 0 aromatic heterocycles. The standard InChI is InChI=1S/C26H26ClF5N6O4/c27-16-2-4-18(20(13-16)38-11-9-37(10-12-38)8-6-26(30,31)32)35-23(39)17-3-1-15(21(28)22(17)29)14-34-24(40)19(5-7-33)36-25(41)42/h1-4,13,19,36H,5-6,8-12,14H2,(H,34,40)(H,35,39)(H,41,42). The Morgan fingerprint density at radius 1 is 1.07 bits per heavy atom. The summed E-state index contributed by atoms with van der Waals surface area (Å²) in [6.45, 7) is 0.641. The quantitative estimate of drug-likeness (QED) is 0.295. The minimum absolute atomic E-state index is 0.138. The molecular formula is C26H26ClF5N6O4. The van der Waals surface area contributed by atoms with Gasteiger partial charge in [-0.05, 0) is 24.3 Å². The van der Waals surface area contributed by atoms with Crippen LogP contribution in [0.2, 0.25) is 5.02 Å². The predicted octanol–water partition coefficient (Wildman–Crippen LogP) is 4.11. The number of rotatable bonds is 10. The van der Waals surface area contributed by atoms with E-state index >= 15 is 0 Å². The lowest BCUT2D eigenvalue weighted by Gasteiger charge is -2.37. The van der Waals surface area contributed by atoms with E-state index < -0.39 is 66.7 Å². The van der Waals surface area contributed by atoms with Gasteiger partial charge in [0.15, 0.2) is 11.6 Å². The zero-order chi connectivity index (χ0) is 31.0. The van der Waals surface area contributed by atoms with Crippen molar-refractivity contribution in [2.24, 2.45) is 0 Å². The summed E-state index contributed by atoms with van der Waals surface area (Å²) in [5.41, 5.74) is -0.304. The second-order valence-corrected chi connectivity index (χ2v) is 9.73. The number of hydrogen-bond acceptors (Lipinski definition) is 6. The first kappa shape index (κ1) is 32.4. The van der Waals surface area contributed by atoms with Crippen molar-refractivity contribution in [1.82, 2.24) is 15.5 Å². The molecule has 42 heavy (non-hydrogen) atoms. The largest absolute Gasteiger partial charge is 0.465 e. The summed E-state index contributed by atoms with van der Waals surface area (Å²) in [5.74, 6) is -4.84. The number of carbonyl (C=O) groups excluding carboxylic acids is 2. The Labute approximate surface area is 242 Å². The van der Waals surface area contributed by atoms with Gasteiger partial charge >= 0.3 is 12.3 Å². The summed E-state index contributed by atoms with van der Waals surface area (Å²) >= 11 is 6.13. The zero-order valence-electron chi connectivity index (χ0n) is 21.9. The van der Waals surface area contributed by atoms with Crippen LogP contribution in [0.25, 0.3) is 0 Å². The van der Waals surface area contributed by atoms with E-state index in [1.807, 2.05) is 10.2 Å². The Morgan fingerprint density at radius 3 is 2.38 bits per heavy atom. The van der Waals surface area contributed by atoms with Gasteiger partial charge in [-0.3, -0.25) is 14.5 Å². The highest BCUT2D eigenvalue weighted by Gasteiger charge is 2.29. The van der Waals surface area contributed by atoms with Gasteiger partial charge in [-0.1, -0.05) is 17.7 Å². The fourth-order valence-corrected chi connectivity index (χ4v) is 4.38. The third-order valence-electron chi connectivity index (χ3n) is 6.40. The zero-order valence-corrected chi connectivity index (χ0v) is 22.7. The second-order valence-electron chi connectivity index (χ2n) is 9.29. The Kier molecular flexibility index (Phi) is 10.9. The molecule has 3 amide bonds. The summed E-state index contributed by atoms with van der Waals surface area (Å²) in [6.07, 6.45) is -7.23. The molecule has 0 aliphatic carbocycles. The van der Waals surface area contributed by atoms with Gasteiger partial charge < -0.3 is 26.0 Å². The number of hydrogen-bond donors (Lipinski definition) is 4. The molecule has 1 heterocycles. The molecule has 2 aromatic rings. The van der Waals surface area contributed by atoms with E-state index in [9.17, 15) is 36.3 Å². The van der Waals surface area contributed by atoms with Crippen LogP contribution in [-0.2, 0) is 11.3 Å². The van der Waals surface area contributed by atoms with Crippen molar-refractivity contribution in [3.05, 3.63) is 58.1 Å². The summed E-state index contributed by atoms with van der Waals surface area (Å²) in [5, 5.41) is 24.4. The number of carboxylic acid groups (broad SMARTS) is 1. The van der Waals surface area contributed by atoms with Gasteiger partial charge in [0, 0.05) is 49.9 Å². The van der Waals surface area contributed by atoms with E-state index in [1.165, 1.54) is 12.1 Å². The molecule has 0 bridgehead atoms. The molecule has 16 heteroatoms. The number of alkyl halides is 3. The molecule has 3 rings (SSSR count). The maximum Gasteiger partial charge on any atom is 0.405 e. The molecule has 10 nitrogen and oxygen atoms in total. The molecule has 1 saturated heterocycles. The number of benzene rings is 2. The fraction of sp³-hybridized carbons (Fsp3) is 0.385. The van der Waals surface area contributed by atoms with E-state index in [1.54, 1.807) is 17.0 Å². The number of carbonyl (C=O) groups is 3. The Morgan fingerprint density at radius 2 is 1.76 bits per heavy atom. The second kappa shape index (κ2) is 14.1. The van der Waals surface area contributed by atoms with E-state index in [0.717, 1.165) is 12.1 Å². The highest BCUT2D eigenvalue weighted by Crippen LogP contribution is 2.31. The average molecular weight is 617 g/mol. The Balaban J connectivity index is 1.69. The van der Waals surface area contributed by atoms with Crippen molar-refractivity contribution < 1.29 is 41.4 Å². The number of nitrogens with one attached hydrogen (secondary N) is 3. The van der Waals surface area contributed by atoms with Crippen LogP contribution in [0.1, 0.15) is 28.8 Å². The van der Waals surface area contributed by atoms with Gasteiger partial charge in [-0.2, -0.15) is 18.4 Å². The topological polar surface area (TPSA) is 138 Å². The van der Waals surface area contributed by atoms with Crippen molar-refractivity contribution in [3.8, 4) is 6.07 Å². The number of piperazine rings is 1. The van der Waals surface area contributed by atoms with Crippen LogP contribution in [0.4, 0.5) is 38.1 Å². The average Bonchev–Trinajstić information content (AvgIpc) is 2.93. The van der Waals surface area contributed by atoms with E-state index in [2.05, 4.69) is 10.6 Å². The lowest BCUT2D eigenvalue weighted by molar-refractivity contribution is -0.138. The van der Waals surface area contributed by atoms with Crippen LogP contribution in [0.15, 0.2) is 30.3 Å². The van der Waals surface area contributed by atoms with Crippen molar-refractivity contribution in [3.63, 3.8) is 0 Å². The SMILES string of the molecule is N#CCC(NC(=O)O)C(=O)NCc1ccc(C(=O)Nc2ccc(Cl)cc2N2CCN(CCC(F)(F)F)CC2)c(F)c1F. The molecule has 0 radical (unpaired) electrons. The third-order valence-corrected chi connectivity index (χ3v) is 6.64. The lowest BCUT2D eigenvalue weighted by atomic mass is 10.1. The molecule has 226 valence electrons. The van der Waals surface area contributed by atoms with Crippen molar-refractivity contribution in [2.75, 3.05) is 42.9 Å². The number of anilines is 2. The van der Waals surface area contributed by atoms with Crippen LogP contribution in [-0.4, -0.2) is 72.9 Å². The monoisotopic (exact) mass is 616 g/mol. The normalized spacial score (nSPS) is 14.5. The molecule has 2 aromatic carbocycles. The summed E-state index contributed by atoms with van der Waals surface area (Å²) in [4.78, 5) is 39.4. The number of amides is 3. The summed E-state index contributed by atoms with van der Waals surface area (Å²) in [7, 11) is 0. The van der Waals surface area contributed by atoms with Crippen molar-refractivity contribution in [2.45, 2.75) is 31.6 Å². The van der Waals surface area contributed by atoms with Crippen LogP contribution < -0.4 is 20.9 Å². The van der Waals surface area contributed by atoms with Crippen LogP contribution >= 0.6 is 11.6 Å². The maximum absolute atomic E-state index is 14.9. The van der Waals surface area contributed by atoms with Crippen molar-refractivity contribution >= 4 is 40.9 Å². The molecule has 1 fully saturated rings. The van der Waals surface area contributed by atoms with Gasteiger partial charge in [0.25, 0.3) is 5.91 Å².